The van der Waals surface area contributed by atoms with Gasteiger partial charge in [0.2, 0.25) is 0 Å². The predicted molar refractivity (Wildman–Crippen MR) is 102 cm³/mol. The van der Waals surface area contributed by atoms with E-state index in [-0.39, 0.29) is 18.1 Å². The van der Waals surface area contributed by atoms with E-state index in [4.69, 9.17) is 4.74 Å². The van der Waals surface area contributed by atoms with Gasteiger partial charge in [0.05, 0.1) is 30.5 Å². The largest absolute Gasteiger partial charge is 0.391 e. The Labute approximate surface area is 162 Å². The van der Waals surface area contributed by atoms with E-state index in [1.165, 1.54) is 0 Å². The first-order chi connectivity index (χ1) is 13.6. The number of pyridine rings is 1. The van der Waals surface area contributed by atoms with Gasteiger partial charge in [-0.1, -0.05) is 0 Å². The van der Waals surface area contributed by atoms with Crippen LogP contribution in [-0.2, 0) is 4.74 Å². The van der Waals surface area contributed by atoms with Gasteiger partial charge in [-0.2, -0.15) is 5.10 Å². The maximum atomic E-state index is 12.9. The molecule has 0 aliphatic heterocycles. The SMILES string of the molecule is C[C@@H](O)COC1CCC(NC(=O)c2nc(-n3ccnc3)cc3cn[nH]c23)CC1. The third-order valence-corrected chi connectivity index (χ3v) is 4.98. The number of imidazole rings is 1. The van der Waals surface area contributed by atoms with Crippen LogP contribution >= 0.6 is 0 Å². The minimum Gasteiger partial charge on any atom is -0.391 e. The normalized spacial score (nSPS) is 20.9. The summed E-state index contributed by atoms with van der Waals surface area (Å²) in [6.07, 6.45) is 9.85. The van der Waals surface area contributed by atoms with Crippen molar-refractivity contribution in [2.45, 2.75) is 50.9 Å². The number of nitrogens with zero attached hydrogens (tertiary/aromatic N) is 4. The smallest absolute Gasteiger partial charge is 0.272 e. The quantitative estimate of drug-likeness (QED) is 0.594. The topological polar surface area (TPSA) is 118 Å². The lowest BCUT2D eigenvalue weighted by Crippen LogP contribution is -2.39. The Bertz CT molecular complexity index is 928. The van der Waals surface area contributed by atoms with Crippen LogP contribution in [-0.4, -0.2) is 60.6 Å². The number of carbonyl (C=O) groups is 1. The van der Waals surface area contributed by atoms with Gasteiger partial charge in [0.1, 0.15) is 12.1 Å². The van der Waals surface area contributed by atoms with E-state index in [1.54, 1.807) is 36.4 Å². The second kappa shape index (κ2) is 8.07. The number of ether oxygens (including phenoxy) is 1. The van der Waals surface area contributed by atoms with Crippen molar-refractivity contribution in [3.8, 4) is 5.82 Å². The summed E-state index contributed by atoms with van der Waals surface area (Å²) in [5.74, 6) is 0.399. The second-order valence-electron chi connectivity index (χ2n) is 7.26. The summed E-state index contributed by atoms with van der Waals surface area (Å²) < 4.78 is 7.45. The molecule has 9 nitrogen and oxygen atoms in total. The highest BCUT2D eigenvalue weighted by molar-refractivity contribution is 6.04. The van der Waals surface area contributed by atoms with Crippen LogP contribution in [0.1, 0.15) is 43.1 Å². The first kappa shape index (κ1) is 18.6. The molecule has 0 bridgehead atoms. The molecular formula is C19H24N6O3. The Morgan fingerprint density at radius 1 is 1.43 bits per heavy atom. The Hall–Kier alpha value is -2.78. The van der Waals surface area contributed by atoms with Crippen LogP contribution in [0.3, 0.4) is 0 Å². The molecule has 0 radical (unpaired) electrons. The molecule has 1 amide bonds. The fourth-order valence-corrected chi connectivity index (χ4v) is 3.53. The van der Waals surface area contributed by atoms with E-state index in [1.807, 2.05) is 6.07 Å². The van der Waals surface area contributed by atoms with Gasteiger partial charge in [0, 0.05) is 23.8 Å². The van der Waals surface area contributed by atoms with Gasteiger partial charge in [-0.05, 0) is 38.7 Å². The van der Waals surface area contributed by atoms with Crippen molar-refractivity contribution in [1.29, 1.82) is 0 Å². The predicted octanol–water partition coefficient (Wildman–Crippen LogP) is 1.58. The fourth-order valence-electron chi connectivity index (χ4n) is 3.53. The summed E-state index contributed by atoms with van der Waals surface area (Å²) in [7, 11) is 0. The number of nitrogens with one attached hydrogen (secondary N) is 2. The average molecular weight is 384 g/mol. The second-order valence-corrected chi connectivity index (χ2v) is 7.26. The first-order valence-corrected chi connectivity index (χ1v) is 9.53. The summed E-state index contributed by atoms with van der Waals surface area (Å²) >= 11 is 0. The first-order valence-electron chi connectivity index (χ1n) is 9.53. The van der Waals surface area contributed by atoms with Gasteiger partial charge >= 0.3 is 0 Å². The number of aliphatic hydroxyl groups excluding tert-OH is 1. The van der Waals surface area contributed by atoms with Crippen LogP contribution in [0.5, 0.6) is 0 Å². The molecule has 3 N–H and O–H groups in total. The molecule has 3 heterocycles. The minimum atomic E-state index is -0.455. The highest BCUT2D eigenvalue weighted by Gasteiger charge is 2.25. The number of fused-ring (bicyclic) bond motifs is 1. The van der Waals surface area contributed by atoms with Gasteiger partial charge in [-0.25, -0.2) is 9.97 Å². The number of aliphatic hydroxyl groups is 1. The van der Waals surface area contributed by atoms with Gasteiger partial charge < -0.3 is 15.2 Å². The van der Waals surface area contributed by atoms with Crippen LogP contribution in [0.4, 0.5) is 0 Å². The summed E-state index contributed by atoms with van der Waals surface area (Å²) in [5.41, 5.74) is 0.946. The van der Waals surface area contributed by atoms with Crippen molar-refractivity contribution >= 4 is 16.8 Å². The third-order valence-electron chi connectivity index (χ3n) is 4.98. The lowest BCUT2D eigenvalue weighted by atomic mass is 9.93. The lowest BCUT2D eigenvalue weighted by molar-refractivity contribution is -0.0210. The van der Waals surface area contributed by atoms with Crippen molar-refractivity contribution in [3.63, 3.8) is 0 Å². The Balaban J connectivity index is 1.45. The van der Waals surface area contributed by atoms with Crippen molar-refractivity contribution in [2.75, 3.05) is 6.61 Å². The zero-order valence-electron chi connectivity index (χ0n) is 15.7. The van der Waals surface area contributed by atoms with E-state index in [0.29, 0.717) is 23.6 Å². The average Bonchev–Trinajstić information content (AvgIpc) is 3.38. The molecule has 4 rings (SSSR count). The van der Waals surface area contributed by atoms with Gasteiger partial charge in [0.25, 0.3) is 5.91 Å². The van der Waals surface area contributed by atoms with Crippen molar-refractivity contribution in [3.05, 3.63) is 36.7 Å². The maximum Gasteiger partial charge on any atom is 0.272 e. The molecule has 1 fully saturated rings. The zero-order valence-corrected chi connectivity index (χ0v) is 15.7. The molecule has 148 valence electrons. The number of amides is 1. The minimum absolute atomic E-state index is 0.0792. The molecule has 1 atom stereocenters. The van der Waals surface area contributed by atoms with E-state index >= 15 is 0 Å². The van der Waals surface area contributed by atoms with Crippen LogP contribution in [0.2, 0.25) is 0 Å². The van der Waals surface area contributed by atoms with E-state index in [2.05, 4.69) is 25.5 Å². The number of hydrogen-bond acceptors (Lipinski definition) is 6. The number of H-pyrrole nitrogens is 1. The standard InChI is InChI=1S/C19H24N6O3/c1-12(26)10-28-15-4-2-14(3-5-15)22-19(27)18-17-13(9-21-24-17)8-16(23-18)25-7-6-20-11-25/h6-9,11-12,14-15,26H,2-5,10H2,1H3,(H,21,24)(H,22,27)/t12-,14?,15?/m1/s1. The summed E-state index contributed by atoms with van der Waals surface area (Å²) in [5, 5.41) is 20.2. The van der Waals surface area contributed by atoms with E-state index in [9.17, 15) is 9.90 Å². The molecule has 9 heteroatoms. The molecule has 0 saturated heterocycles. The van der Waals surface area contributed by atoms with Gasteiger partial charge in [-0.3, -0.25) is 14.5 Å². The molecule has 0 aromatic carbocycles. The lowest BCUT2D eigenvalue weighted by Gasteiger charge is -2.29. The van der Waals surface area contributed by atoms with Crippen LogP contribution in [0, 0.1) is 0 Å². The van der Waals surface area contributed by atoms with E-state index in [0.717, 1.165) is 31.1 Å². The molecule has 3 aromatic heterocycles. The third kappa shape index (κ3) is 4.05. The summed E-state index contributed by atoms with van der Waals surface area (Å²) in [6, 6.07) is 1.94. The van der Waals surface area contributed by atoms with Crippen LogP contribution in [0.15, 0.2) is 31.0 Å². The molecule has 0 unspecified atom stereocenters. The maximum absolute atomic E-state index is 12.9. The van der Waals surface area contributed by atoms with Crippen LogP contribution in [0.25, 0.3) is 16.7 Å². The Morgan fingerprint density at radius 2 is 2.25 bits per heavy atom. The number of rotatable bonds is 6. The van der Waals surface area contributed by atoms with Crippen LogP contribution < -0.4 is 5.32 Å². The molecule has 0 spiro atoms. The Morgan fingerprint density at radius 3 is 2.96 bits per heavy atom. The Kier molecular flexibility index (Phi) is 5.36. The number of hydrogen-bond donors (Lipinski definition) is 3. The van der Waals surface area contributed by atoms with Gasteiger partial charge in [0.15, 0.2) is 5.69 Å². The molecule has 1 aliphatic rings. The molecule has 28 heavy (non-hydrogen) atoms. The number of carbonyl (C=O) groups excluding carboxylic acids is 1. The summed E-state index contributed by atoms with van der Waals surface area (Å²) in [6.45, 7) is 2.07. The monoisotopic (exact) mass is 384 g/mol. The molecular weight excluding hydrogens is 360 g/mol. The highest BCUT2D eigenvalue weighted by atomic mass is 16.5. The fraction of sp³-hybridized carbons (Fsp3) is 0.474. The highest BCUT2D eigenvalue weighted by Crippen LogP contribution is 2.23. The molecule has 1 saturated carbocycles. The van der Waals surface area contributed by atoms with Crippen molar-refractivity contribution in [2.24, 2.45) is 0 Å². The van der Waals surface area contributed by atoms with Crippen molar-refractivity contribution in [1.82, 2.24) is 30.0 Å². The number of aromatic amines is 1. The molecule has 3 aromatic rings. The summed E-state index contributed by atoms with van der Waals surface area (Å²) in [4.78, 5) is 21.5. The van der Waals surface area contributed by atoms with Crippen molar-refractivity contribution < 1.29 is 14.6 Å². The van der Waals surface area contributed by atoms with E-state index < -0.39 is 6.10 Å². The van der Waals surface area contributed by atoms with Gasteiger partial charge in [-0.15, -0.1) is 0 Å². The molecule has 1 aliphatic carbocycles. The zero-order chi connectivity index (χ0) is 19.5. The number of aromatic nitrogens is 5.